The first kappa shape index (κ1) is 19.0. The van der Waals surface area contributed by atoms with E-state index in [2.05, 4.69) is 58.6 Å². The quantitative estimate of drug-likeness (QED) is 0.438. The Bertz CT molecular complexity index is 436. The van der Waals surface area contributed by atoms with E-state index in [1.54, 1.807) is 0 Å². The van der Waals surface area contributed by atoms with Crippen LogP contribution in [0.15, 0.2) is 29.3 Å². The second-order valence-corrected chi connectivity index (χ2v) is 4.99. The van der Waals surface area contributed by atoms with Crippen LogP contribution in [0.3, 0.4) is 0 Å². The molecule has 1 aromatic rings. The SMILES string of the molecule is CCNC(=NCc1ccc(N2CCOCC2)cc1)NCC.I. The second-order valence-electron chi connectivity index (χ2n) is 4.99. The van der Waals surface area contributed by atoms with E-state index in [1.807, 2.05) is 0 Å². The Balaban J connectivity index is 0.00000242. The van der Waals surface area contributed by atoms with E-state index >= 15 is 0 Å². The van der Waals surface area contributed by atoms with E-state index in [-0.39, 0.29) is 24.0 Å². The number of halogens is 1. The topological polar surface area (TPSA) is 48.9 Å². The van der Waals surface area contributed by atoms with Gasteiger partial charge in [-0.25, -0.2) is 4.99 Å². The molecule has 2 rings (SSSR count). The van der Waals surface area contributed by atoms with Crippen LogP contribution in [0.1, 0.15) is 19.4 Å². The highest BCUT2D eigenvalue weighted by Crippen LogP contribution is 2.16. The Morgan fingerprint density at radius 3 is 2.23 bits per heavy atom. The molecule has 2 N–H and O–H groups in total. The lowest BCUT2D eigenvalue weighted by molar-refractivity contribution is 0.122. The molecule has 22 heavy (non-hydrogen) atoms. The van der Waals surface area contributed by atoms with Gasteiger partial charge in [0.15, 0.2) is 5.96 Å². The van der Waals surface area contributed by atoms with Crippen LogP contribution in [-0.2, 0) is 11.3 Å². The third-order valence-electron chi connectivity index (χ3n) is 3.42. The fraction of sp³-hybridized carbons (Fsp3) is 0.562. The smallest absolute Gasteiger partial charge is 0.191 e. The van der Waals surface area contributed by atoms with Gasteiger partial charge < -0.3 is 20.3 Å². The molecule has 5 nitrogen and oxygen atoms in total. The minimum Gasteiger partial charge on any atom is -0.378 e. The minimum atomic E-state index is 0. The lowest BCUT2D eigenvalue weighted by Gasteiger charge is -2.28. The van der Waals surface area contributed by atoms with Crippen LogP contribution in [0, 0.1) is 0 Å². The Morgan fingerprint density at radius 1 is 1.09 bits per heavy atom. The average Bonchev–Trinajstić information content (AvgIpc) is 2.54. The third kappa shape index (κ3) is 6.00. The number of nitrogens with one attached hydrogen (secondary N) is 2. The molecule has 1 aliphatic rings. The number of morpholine rings is 1. The Morgan fingerprint density at radius 2 is 1.68 bits per heavy atom. The predicted molar refractivity (Wildman–Crippen MR) is 103 cm³/mol. The Labute approximate surface area is 150 Å². The van der Waals surface area contributed by atoms with Gasteiger partial charge in [0.25, 0.3) is 0 Å². The first-order valence-electron chi connectivity index (χ1n) is 7.77. The highest BCUT2D eigenvalue weighted by molar-refractivity contribution is 14.0. The summed E-state index contributed by atoms with van der Waals surface area (Å²) in [5, 5.41) is 6.47. The highest BCUT2D eigenvalue weighted by atomic mass is 127. The first-order valence-corrected chi connectivity index (χ1v) is 7.77. The van der Waals surface area contributed by atoms with Crippen LogP contribution in [0.5, 0.6) is 0 Å². The molecule has 1 aliphatic heterocycles. The number of guanidine groups is 1. The summed E-state index contributed by atoms with van der Waals surface area (Å²) >= 11 is 0. The molecular weight excluding hydrogens is 391 g/mol. The molecule has 1 heterocycles. The number of aliphatic imine (C=N–C) groups is 1. The largest absolute Gasteiger partial charge is 0.378 e. The van der Waals surface area contributed by atoms with E-state index in [0.717, 1.165) is 45.4 Å². The number of hydrogen-bond acceptors (Lipinski definition) is 3. The lowest BCUT2D eigenvalue weighted by atomic mass is 10.2. The van der Waals surface area contributed by atoms with Crippen molar-refractivity contribution in [2.75, 3.05) is 44.3 Å². The average molecular weight is 418 g/mol. The molecule has 0 atom stereocenters. The number of rotatable bonds is 5. The maximum Gasteiger partial charge on any atom is 0.191 e. The van der Waals surface area contributed by atoms with Crippen LogP contribution in [0.25, 0.3) is 0 Å². The number of benzene rings is 1. The summed E-state index contributed by atoms with van der Waals surface area (Å²) in [7, 11) is 0. The second kappa shape index (κ2) is 10.7. The molecule has 0 spiro atoms. The van der Waals surface area contributed by atoms with Crippen LogP contribution in [-0.4, -0.2) is 45.4 Å². The van der Waals surface area contributed by atoms with Crippen molar-refractivity contribution in [2.45, 2.75) is 20.4 Å². The fourth-order valence-electron chi connectivity index (χ4n) is 2.31. The fourth-order valence-corrected chi connectivity index (χ4v) is 2.31. The zero-order chi connectivity index (χ0) is 14.9. The van der Waals surface area contributed by atoms with Gasteiger partial charge in [0.05, 0.1) is 19.8 Å². The van der Waals surface area contributed by atoms with E-state index in [9.17, 15) is 0 Å². The van der Waals surface area contributed by atoms with Gasteiger partial charge in [-0.3, -0.25) is 0 Å². The highest BCUT2D eigenvalue weighted by Gasteiger charge is 2.10. The van der Waals surface area contributed by atoms with Crippen molar-refractivity contribution >= 4 is 35.6 Å². The molecule has 0 unspecified atom stereocenters. The number of hydrogen-bond donors (Lipinski definition) is 2. The monoisotopic (exact) mass is 418 g/mol. The molecule has 1 fully saturated rings. The lowest BCUT2D eigenvalue weighted by Crippen LogP contribution is -2.37. The molecule has 1 saturated heterocycles. The molecule has 0 radical (unpaired) electrons. The molecule has 0 aliphatic carbocycles. The normalized spacial score (nSPS) is 14.0. The van der Waals surface area contributed by atoms with Gasteiger partial charge >= 0.3 is 0 Å². The zero-order valence-electron chi connectivity index (χ0n) is 13.5. The van der Waals surface area contributed by atoms with Crippen molar-refractivity contribution in [2.24, 2.45) is 4.99 Å². The van der Waals surface area contributed by atoms with Crippen molar-refractivity contribution < 1.29 is 4.74 Å². The van der Waals surface area contributed by atoms with Gasteiger partial charge in [-0.15, -0.1) is 24.0 Å². The number of anilines is 1. The summed E-state index contributed by atoms with van der Waals surface area (Å²) in [6, 6.07) is 8.67. The van der Waals surface area contributed by atoms with Crippen molar-refractivity contribution in [1.29, 1.82) is 0 Å². The Hall–Kier alpha value is -1.02. The van der Waals surface area contributed by atoms with Crippen LogP contribution >= 0.6 is 24.0 Å². The molecule has 0 aromatic heterocycles. The standard InChI is InChI=1S/C16H26N4O.HI/c1-3-17-16(18-4-2)19-13-14-5-7-15(8-6-14)20-9-11-21-12-10-20;/h5-8H,3-4,9-13H2,1-2H3,(H2,17,18,19);1H. The van der Waals surface area contributed by atoms with Gasteiger partial charge in [-0.1, -0.05) is 12.1 Å². The molecule has 6 heteroatoms. The van der Waals surface area contributed by atoms with Gasteiger partial charge in [-0.05, 0) is 31.5 Å². The Kier molecular flexibility index (Phi) is 9.22. The molecule has 124 valence electrons. The minimum absolute atomic E-state index is 0. The summed E-state index contributed by atoms with van der Waals surface area (Å²) in [6.45, 7) is 10.2. The van der Waals surface area contributed by atoms with Crippen molar-refractivity contribution in [1.82, 2.24) is 10.6 Å². The summed E-state index contributed by atoms with van der Waals surface area (Å²) in [4.78, 5) is 6.94. The first-order chi connectivity index (χ1) is 10.3. The number of nitrogens with zero attached hydrogens (tertiary/aromatic N) is 2. The van der Waals surface area contributed by atoms with E-state index in [0.29, 0.717) is 6.54 Å². The van der Waals surface area contributed by atoms with Crippen LogP contribution in [0.2, 0.25) is 0 Å². The van der Waals surface area contributed by atoms with Crippen LogP contribution < -0.4 is 15.5 Å². The van der Waals surface area contributed by atoms with Crippen molar-refractivity contribution in [3.63, 3.8) is 0 Å². The van der Waals surface area contributed by atoms with Gasteiger partial charge in [0.2, 0.25) is 0 Å². The summed E-state index contributed by atoms with van der Waals surface area (Å²) in [6.07, 6.45) is 0. The third-order valence-corrected chi connectivity index (χ3v) is 3.42. The molecule has 0 bridgehead atoms. The molecule has 0 saturated carbocycles. The van der Waals surface area contributed by atoms with Crippen molar-refractivity contribution in [3.05, 3.63) is 29.8 Å². The maximum atomic E-state index is 5.38. The van der Waals surface area contributed by atoms with Crippen molar-refractivity contribution in [3.8, 4) is 0 Å². The van der Waals surface area contributed by atoms with E-state index in [1.165, 1.54) is 11.3 Å². The van der Waals surface area contributed by atoms with Gasteiger partial charge in [0, 0.05) is 31.9 Å². The van der Waals surface area contributed by atoms with E-state index in [4.69, 9.17) is 4.74 Å². The van der Waals surface area contributed by atoms with Gasteiger partial charge in [-0.2, -0.15) is 0 Å². The molecular formula is C16H27IN4O. The molecule has 1 aromatic carbocycles. The number of ether oxygens (including phenoxy) is 1. The zero-order valence-corrected chi connectivity index (χ0v) is 15.8. The molecule has 0 amide bonds. The summed E-state index contributed by atoms with van der Waals surface area (Å²) in [5.74, 6) is 0.872. The summed E-state index contributed by atoms with van der Waals surface area (Å²) in [5.41, 5.74) is 2.49. The summed E-state index contributed by atoms with van der Waals surface area (Å²) < 4.78 is 5.38. The maximum absolute atomic E-state index is 5.38. The van der Waals surface area contributed by atoms with Crippen LogP contribution in [0.4, 0.5) is 5.69 Å². The van der Waals surface area contributed by atoms with Gasteiger partial charge in [0.1, 0.15) is 0 Å². The van der Waals surface area contributed by atoms with E-state index < -0.39 is 0 Å². The predicted octanol–water partition coefficient (Wildman–Crippen LogP) is 2.22.